The van der Waals surface area contributed by atoms with E-state index in [1.54, 1.807) is 19.3 Å². The van der Waals surface area contributed by atoms with Gasteiger partial charge in [-0.1, -0.05) is 0 Å². The van der Waals surface area contributed by atoms with Gasteiger partial charge in [-0.15, -0.1) is 0 Å². The maximum absolute atomic E-state index is 12.8. The van der Waals surface area contributed by atoms with E-state index in [9.17, 15) is 13.2 Å². The standard InChI is InChI=1S/C16H16F3N5/c1-23-10-14(16(17,18)19)22-15(23)11-3-2-6-24(9-11)13-5-4-12(7-20)21-8-13/h4-5,8,10-11H,2-3,6,9H2,1H3. The molecular formula is C16H16F3N5. The lowest BCUT2D eigenvalue weighted by Crippen LogP contribution is -2.35. The first-order valence-electron chi connectivity index (χ1n) is 7.60. The zero-order valence-corrected chi connectivity index (χ0v) is 13.1. The molecular weight excluding hydrogens is 319 g/mol. The third-order valence-electron chi connectivity index (χ3n) is 4.22. The molecule has 0 spiro atoms. The van der Waals surface area contributed by atoms with E-state index < -0.39 is 11.9 Å². The molecule has 0 amide bonds. The lowest BCUT2D eigenvalue weighted by molar-refractivity contribution is -0.141. The summed E-state index contributed by atoms with van der Waals surface area (Å²) in [5.41, 5.74) is 0.354. The van der Waals surface area contributed by atoms with E-state index in [1.807, 2.05) is 12.1 Å². The number of pyridine rings is 1. The molecule has 1 aliphatic heterocycles. The Bertz CT molecular complexity index is 758. The molecule has 2 aromatic rings. The smallest absolute Gasteiger partial charge is 0.370 e. The van der Waals surface area contributed by atoms with Crippen LogP contribution in [0.25, 0.3) is 0 Å². The lowest BCUT2D eigenvalue weighted by Gasteiger charge is -2.33. The van der Waals surface area contributed by atoms with Gasteiger partial charge < -0.3 is 9.47 Å². The van der Waals surface area contributed by atoms with Crippen molar-refractivity contribution in [3.8, 4) is 6.07 Å². The van der Waals surface area contributed by atoms with Crippen molar-refractivity contribution in [2.24, 2.45) is 7.05 Å². The minimum absolute atomic E-state index is 0.0736. The van der Waals surface area contributed by atoms with Crippen molar-refractivity contribution in [2.45, 2.75) is 24.9 Å². The van der Waals surface area contributed by atoms with E-state index in [-0.39, 0.29) is 5.92 Å². The Balaban J connectivity index is 1.80. The van der Waals surface area contributed by atoms with Gasteiger partial charge in [-0.3, -0.25) is 0 Å². The average molecular weight is 335 g/mol. The second-order valence-electron chi connectivity index (χ2n) is 5.89. The maximum atomic E-state index is 12.8. The minimum Gasteiger partial charge on any atom is -0.370 e. The largest absolute Gasteiger partial charge is 0.434 e. The number of piperidine rings is 1. The summed E-state index contributed by atoms with van der Waals surface area (Å²) in [5.74, 6) is 0.379. The average Bonchev–Trinajstić information content (AvgIpc) is 2.97. The summed E-state index contributed by atoms with van der Waals surface area (Å²) in [4.78, 5) is 9.94. The van der Waals surface area contributed by atoms with Gasteiger partial charge in [0, 0.05) is 32.3 Å². The van der Waals surface area contributed by atoms with Crippen LogP contribution in [-0.2, 0) is 13.2 Å². The molecule has 2 aromatic heterocycles. The van der Waals surface area contributed by atoms with Crippen LogP contribution >= 0.6 is 0 Å². The van der Waals surface area contributed by atoms with E-state index in [1.165, 1.54) is 4.57 Å². The van der Waals surface area contributed by atoms with E-state index in [0.717, 1.165) is 31.3 Å². The van der Waals surface area contributed by atoms with E-state index in [2.05, 4.69) is 14.9 Å². The number of imidazole rings is 1. The molecule has 5 nitrogen and oxygen atoms in total. The van der Waals surface area contributed by atoms with Crippen molar-refractivity contribution >= 4 is 5.69 Å². The number of nitriles is 1. The summed E-state index contributed by atoms with van der Waals surface area (Å²) in [5, 5.41) is 8.80. The number of aromatic nitrogens is 3. The predicted octanol–water partition coefficient (Wildman–Crippen LogP) is 3.09. The Labute approximate surface area is 137 Å². The van der Waals surface area contributed by atoms with Gasteiger partial charge in [0.25, 0.3) is 0 Å². The molecule has 1 aliphatic rings. The van der Waals surface area contributed by atoms with Gasteiger partial charge in [0.1, 0.15) is 17.6 Å². The Morgan fingerprint density at radius 2 is 2.12 bits per heavy atom. The molecule has 0 saturated carbocycles. The molecule has 1 saturated heterocycles. The highest BCUT2D eigenvalue weighted by atomic mass is 19.4. The number of nitrogens with zero attached hydrogens (tertiary/aromatic N) is 5. The number of rotatable bonds is 2. The van der Waals surface area contributed by atoms with Crippen LogP contribution in [0, 0.1) is 11.3 Å². The van der Waals surface area contributed by atoms with Crippen molar-refractivity contribution in [2.75, 3.05) is 18.0 Å². The second-order valence-corrected chi connectivity index (χ2v) is 5.89. The molecule has 0 N–H and O–H groups in total. The number of hydrogen-bond acceptors (Lipinski definition) is 4. The number of anilines is 1. The summed E-state index contributed by atoms with van der Waals surface area (Å²) in [6.45, 7) is 1.39. The van der Waals surface area contributed by atoms with E-state index in [0.29, 0.717) is 18.1 Å². The van der Waals surface area contributed by atoms with Crippen molar-refractivity contribution < 1.29 is 13.2 Å². The molecule has 1 unspecified atom stereocenters. The number of alkyl halides is 3. The Kier molecular flexibility index (Phi) is 4.18. The van der Waals surface area contributed by atoms with Gasteiger partial charge in [-0.05, 0) is 25.0 Å². The Morgan fingerprint density at radius 1 is 1.33 bits per heavy atom. The summed E-state index contributed by atoms with van der Waals surface area (Å²) in [6.07, 6.45) is -0.110. The van der Waals surface area contributed by atoms with Crippen LogP contribution in [-0.4, -0.2) is 27.6 Å². The molecule has 1 atom stereocenters. The van der Waals surface area contributed by atoms with Crippen LogP contribution in [0.5, 0.6) is 0 Å². The minimum atomic E-state index is -4.43. The first kappa shape index (κ1) is 16.3. The van der Waals surface area contributed by atoms with Crippen LogP contribution < -0.4 is 4.90 Å². The fourth-order valence-corrected chi connectivity index (χ4v) is 3.06. The molecule has 3 heterocycles. The Hall–Kier alpha value is -2.56. The van der Waals surface area contributed by atoms with E-state index in [4.69, 9.17) is 5.26 Å². The zero-order valence-electron chi connectivity index (χ0n) is 13.1. The fourth-order valence-electron chi connectivity index (χ4n) is 3.06. The van der Waals surface area contributed by atoms with Crippen LogP contribution in [0.2, 0.25) is 0 Å². The monoisotopic (exact) mass is 335 g/mol. The van der Waals surface area contributed by atoms with E-state index >= 15 is 0 Å². The lowest BCUT2D eigenvalue weighted by atomic mass is 9.97. The number of aryl methyl sites for hydroxylation is 1. The third-order valence-corrected chi connectivity index (χ3v) is 4.22. The maximum Gasteiger partial charge on any atom is 0.434 e. The molecule has 3 rings (SSSR count). The SMILES string of the molecule is Cn1cc(C(F)(F)F)nc1C1CCCN(c2ccc(C#N)nc2)C1. The highest BCUT2D eigenvalue weighted by Crippen LogP contribution is 2.33. The fraction of sp³-hybridized carbons (Fsp3) is 0.438. The Morgan fingerprint density at radius 3 is 2.71 bits per heavy atom. The number of halogens is 3. The highest BCUT2D eigenvalue weighted by Gasteiger charge is 2.36. The third kappa shape index (κ3) is 3.20. The van der Waals surface area contributed by atoms with Crippen molar-refractivity contribution in [3.05, 3.63) is 41.7 Å². The topological polar surface area (TPSA) is 57.7 Å². The van der Waals surface area contributed by atoms with Gasteiger partial charge >= 0.3 is 6.18 Å². The first-order chi connectivity index (χ1) is 11.4. The summed E-state index contributed by atoms with van der Waals surface area (Å²) in [7, 11) is 1.60. The van der Waals surface area contributed by atoms with Gasteiger partial charge in [0.05, 0.1) is 11.9 Å². The first-order valence-corrected chi connectivity index (χ1v) is 7.60. The summed E-state index contributed by atoms with van der Waals surface area (Å²) >= 11 is 0. The molecule has 8 heteroatoms. The normalized spacial score (nSPS) is 18.5. The molecule has 0 aliphatic carbocycles. The van der Waals surface area contributed by atoms with Gasteiger partial charge in [-0.25, -0.2) is 9.97 Å². The molecule has 24 heavy (non-hydrogen) atoms. The second kappa shape index (κ2) is 6.15. The van der Waals surface area contributed by atoms with Crippen molar-refractivity contribution in [1.29, 1.82) is 5.26 Å². The molecule has 0 aromatic carbocycles. The van der Waals surface area contributed by atoms with Crippen LogP contribution in [0.1, 0.15) is 36.0 Å². The van der Waals surface area contributed by atoms with Crippen molar-refractivity contribution in [1.82, 2.24) is 14.5 Å². The quantitative estimate of drug-likeness (QED) is 0.846. The molecule has 0 radical (unpaired) electrons. The van der Waals surface area contributed by atoms with Gasteiger partial charge in [-0.2, -0.15) is 18.4 Å². The number of hydrogen-bond donors (Lipinski definition) is 0. The van der Waals surface area contributed by atoms with Crippen molar-refractivity contribution in [3.63, 3.8) is 0 Å². The summed E-state index contributed by atoms with van der Waals surface area (Å²) in [6, 6.07) is 5.42. The van der Waals surface area contributed by atoms with Crippen LogP contribution in [0.3, 0.4) is 0 Å². The molecule has 1 fully saturated rings. The van der Waals surface area contributed by atoms with Crippen LogP contribution in [0.15, 0.2) is 24.5 Å². The van der Waals surface area contributed by atoms with Crippen LogP contribution in [0.4, 0.5) is 18.9 Å². The predicted molar refractivity (Wildman–Crippen MR) is 81.4 cm³/mol. The highest BCUT2D eigenvalue weighted by molar-refractivity contribution is 5.46. The molecule has 126 valence electrons. The summed E-state index contributed by atoms with van der Waals surface area (Å²) < 4.78 is 40.0. The van der Waals surface area contributed by atoms with Gasteiger partial charge in [0.15, 0.2) is 5.69 Å². The van der Waals surface area contributed by atoms with Gasteiger partial charge in [0.2, 0.25) is 0 Å². The molecule has 0 bridgehead atoms. The zero-order chi connectivity index (χ0) is 17.3.